The lowest BCUT2D eigenvalue weighted by Crippen LogP contribution is -2.43. The Morgan fingerprint density at radius 1 is 1.12 bits per heavy atom. The summed E-state index contributed by atoms with van der Waals surface area (Å²) in [7, 11) is 1.23. The number of amides is 1. The van der Waals surface area contributed by atoms with Gasteiger partial charge in [-0.3, -0.25) is 4.79 Å². The number of carbonyl (C=O) groups excluding carboxylic acids is 2. The van der Waals surface area contributed by atoms with Crippen LogP contribution in [0.1, 0.15) is 11.1 Å². The van der Waals surface area contributed by atoms with Crippen LogP contribution in [0.2, 0.25) is 0 Å². The smallest absolute Gasteiger partial charge is 0.328 e. The zero-order valence-electron chi connectivity index (χ0n) is 13.4. The van der Waals surface area contributed by atoms with E-state index in [1.165, 1.54) is 7.11 Å². The van der Waals surface area contributed by atoms with Gasteiger partial charge in [0.15, 0.2) is 0 Å². The molecule has 1 amide bonds. The number of carbonyl (C=O) groups is 2. The normalized spacial score (nSPS) is 11.7. The molecule has 0 saturated carbocycles. The lowest BCUT2D eigenvalue weighted by atomic mass is 10.1. The Kier molecular flexibility index (Phi) is 6.86. The third-order valence-electron chi connectivity index (χ3n) is 3.44. The van der Waals surface area contributed by atoms with Gasteiger partial charge in [0.05, 0.1) is 13.5 Å². The summed E-state index contributed by atoms with van der Waals surface area (Å²) in [6, 6.07) is 9.50. The Balaban J connectivity index is 2.08. The van der Waals surface area contributed by atoms with Crippen molar-refractivity contribution in [2.45, 2.75) is 18.9 Å². The predicted octanol–water partition coefficient (Wildman–Crippen LogP) is 3.01. The maximum atomic E-state index is 13.2. The average molecular weight is 459 g/mol. The lowest BCUT2D eigenvalue weighted by Gasteiger charge is -2.17. The first-order chi connectivity index (χ1) is 11.9. The van der Waals surface area contributed by atoms with Gasteiger partial charge in [0.1, 0.15) is 17.7 Å². The van der Waals surface area contributed by atoms with E-state index >= 15 is 0 Å². The number of benzene rings is 2. The Bertz CT molecular complexity index is 762. The van der Waals surface area contributed by atoms with Gasteiger partial charge in [-0.2, -0.15) is 0 Å². The minimum Gasteiger partial charge on any atom is -0.467 e. The van der Waals surface area contributed by atoms with Crippen molar-refractivity contribution >= 4 is 34.5 Å². The van der Waals surface area contributed by atoms with E-state index in [1.54, 1.807) is 0 Å². The van der Waals surface area contributed by atoms with Gasteiger partial charge in [-0.05, 0) is 58.0 Å². The summed E-state index contributed by atoms with van der Waals surface area (Å²) in [5.74, 6) is -2.62. The highest BCUT2D eigenvalue weighted by atomic mass is 127. The number of esters is 1. The monoisotopic (exact) mass is 459 g/mol. The van der Waals surface area contributed by atoms with E-state index in [9.17, 15) is 18.4 Å². The lowest BCUT2D eigenvalue weighted by molar-refractivity contribution is -0.145. The SMILES string of the molecule is COC(=O)[C@@H](Cc1cccc(I)c1)NC(=O)Cc1cc(F)cc(F)c1. The summed E-state index contributed by atoms with van der Waals surface area (Å²) in [5.41, 5.74) is 1.05. The third-order valence-corrected chi connectivity index (χ3v) is 4.11. The molecule has 0 radical (unpaired) electrons. The second-order valence-electron chi connectivity index (χ2n) is 5.43. The highest BCUT2D eigenvalue weighted by molar-refractivity contribution is 14.1. The molecular formula is C18H16F2INO3. The first-order valence-electron chi connectivity index (χ1n) is 7.44. The maximum Gasteiger partial charge on any atom is 0.328 e. The molecular weight excluding hydrogens is 443 g/mol. The molecule has 0 bridgehead atoms. The molecule has 0 saturated heterocycles. The molecule has 1 N–H and O–H groups in total. The summed E-state index contributed by atoms with van der Waals surface area (Å²) in [4.78, 5) is 24.1. The number of ether oxygens (including phenoxy) is 1. The number of hydrogen-bond acceptors (Lipinski definition) is 3. The fourth-order valence-corrected chi connectivity index (χ4v) is 2.99. The van der Waals surface area contributed by atoms with E-state index < -0.39 is 29.6 Å². The summed E-state index contributed by atoms with van der Waals surface area (Å²) in [6.45, 7) is 0. The molecule has 0 spiro atoms. The van der Waals surface area contributed by atoms with Crippen molar-refractivity contribution in [1.82, 2.24) is 5.32 Å². The van der Waals surface area contributed by atoms with Gasteiger partial charge in [0.25, 0.3) is 0 Å². The molecule has 25 heavy (non-hydrogen) atoms. The van der Waals surface area contributed by atoms with E-state index in [-0.39, 0.29) is 18.4 Å². The highest BCUT2D eigenvalue weighted by Crippen LogP contribution is 2.12. The summed E-state index contributed by atoms with van der Waals surface area (Å²) < 4.78 is 32.1. The molecule has 2 rings (SSSR count). The molecule has 2 aromatic rings. The van der Waals surface area contributed by atoms with Gasteiger partial charge in [-0.25, -0.2) is 13.6 Å². The number of hydrogen-bond donors (Lipinski definition) is 1. The maximum absolute atomic E-state index is 13.2. The summed E-state index contributed by atoms with van der Waals surface area (Å²) in [6.07, 6.45) is 0.0151. The van der Waals surface area contributed by atoms with E-state index in [2.05, 4.69) is 27.9 Å². The molecule has 0 aliphatic heterocycles. The number of halogens is 3. The Hall–Kier alpha value is -2.03. The van der Waals surface area contributed by atoms with E-state index in [4.69, 9.17) is 4.74 Å². The molecule has 0 aliphatic rings. The molecule has 0 aliphatic carbocycles. The second-order valence-corrected chi connectivity index (χ2v) is 6.68. The number of rotatable bonds is 6. The van der Waals surface area contributed by atoms with Crippen LogP contribution < -0.4 is 5.32 Å². The van der Waals surface area contributed by atoms with Crippen molar-refractivity contribution < 1.29 is 23.1 Å². The van der Waals surface area contributed by atoms with Crippen molar-refractivity contribution in [2.24, 2.45) is 0 Å². The van der Waals surface area contributed by atoms with E-state index in [1.807, 2.05) is 24.3 Å². The van der Waals surface area contributed by atoms with Gasteiger partial charge in [0.2, 0.25) is 5.91 Å². The zero-order chi connectivity index (χ0) is 18.4. The minimum atomic E-state index is -0.880. The molecule has 4 nitrogen and oxygen atoms in total. The van der Waals surface area contributed by atoms with Gasteiger partial charge in [-0.1, -0.05) is 12.1 Å². The molecule has 0 fully saturated rings. The van der Waals surface area contributed by atoms with Crippen molar-refractivity contribution in [3.63, 3.8) is 0 Å². The summed E-state index contributed by atoms with van der Waals surface area (Å²) in [5, 5.41) is 2.56. The van der Waals surface area contributed by atoms with E-state index in [0.29, 0.717) is 0 Å². The molecule has 7 heteroatoms. The van der Waals surface area contributed by atoms with Crippen LogP contribution in [0.3, 0.4) is 0 Å². The fourth-order valence-electron chi connectivity index (χ4n) is 2.38. The molecule has 0 unspecified atom stereocenters. The van der Waals surface area contributed by atoms with Crippen molar-refractivity contribution in [3.05, 3.63) is 68.8 Å². The van der Waals surface area contributed by atoms with Crippen molar-refractivity contribution in [3.8, 4) is 0 Å². The second kappa shape index (κ2) is 8.89. The largest absolute Gasteiger partial charge is 0.467 e. The van der Waals surface area contributed by atoms with Crippen LogP contribution in [0.15, 0.2) is 42.5 Å². The predicted molar refractivity (Wildman–Crippen MR) is 96.9 cm³/mol. The van der Waals surface area contributed by atoms with Crippen molar-refractivity contribution in [1.29, 1.82) is 0 Å². The van der Waals surface area contributed by atoms with Crippen LogP contribution in [0.4, 0.5) is 8.78 Å². The quantitative estimate of drug-likeness (QED) is 0.534. The molecule has 0 aromatic heterocycles. The van der Waals surface area contributed by atoms with Gasteiger partial charge in [0, 0.05) is 16.1 Å². The van der Waals surface area contributed by atoms with Crippen LogP contribution >= 0.6 is 22.6 Å². The van der Waals surface area contributed by atoms with Gasteiger partial charge >= 0.3 is 5.97 Å². The molecule has 1 atom stereocenters. The number of nitrogens with one attached hydrogen (secondary N) is 1. The first-order valence-corrected chi connectivity index (χ1v) is 8.52. The van der Waals surface area contributed by atoms with Crippen LogP contribution in [0.25, 0.3) is 0 Å². The number of methoxy groups -OCH3 is 1. The fraction of sp³-hybridized carbons (Fsp3) is 0.222. The van der Waals surface area contributed by atoms with E-state index in [0.717, 1.165) is 27.3 Å². The van der Waals surface area contributed by atoms with Gasteiger partial charge in [-0.15, -0.1) is 0 Å². The third kappa shape index (κ3) is 6.08. The Morgan fingerprint density at radius 3 is 2.40 bits per heavy atom. The average Bonchev–Trinajstić information content (AvgIpc) is 2.52. The van der Waals surface area contributed by atoms with Crippen LogP contribution in [-0.2, 0) is 27.2 Å². The minimum absolute atomic E-state index is 0.188. The standard InChI is InChI=1S/C18H16F2INO3/c1-25-18(24)16(8-11-3-2-4-15(21)7-11)22-17(23)9-12-5-13(19)10-14(20)6-12/h2-7,10,16H,8-9H2,1H3,(H,22,23)/t16-/m1/s1. The Morgan fingerprint density at radius 2 is 1.80 bits per heavy atom. The molecule has 2 aromatic carbocycles. The molecule has 132 valence electrons. The molecule has 0 heterocycles. The highest BCUT2D eigenvalue weighted by Gasteiger charge is 2.22. The topological polar surface area (TPSA) is 55.4 Å². The van der Waals surface area contributed by atoms with Crippen LogP contribution in [0.5, 0.6) is 0 Å². The van der Waals surface area contributed by atoms with Crippen LogP contribution in [0, 0.1) is 15.2 Å². The van der Waals surface area contributed by atoms with Crippen molar-refractivity contribution in [2.75, 3.05) is 7.11 Å². The Labute approximate surface area is 157 Å². The van der Waals surface area contributed by atoms with Gasteiger partial charge < -0.3 is 10.1 Å². The first kappa shape index (κ1) is 19.3. The summed E-state index contributed by atoms with van der Waals surface area (Å²) >= 11 is 2.15. The zero-order valence-corrected chi connectivity index (χ0v) is 15.5. The van der Waals surface area contributed by atoms with Crippen LogP contribution in [-0.4, -0.2) is 25.0 Å².